The van der Waals surface area contributed by atoms with Crippen molar-refractivity contribution in [3.63, 3.8) is 0 Å². The van der Waals surface area contributed by atoms with Gasteiger partial charge in [0.25, 0.3) is 0 Å². The Morgan fingerprint density at radius 1 is 1.28 bits per heavy atom. The lowest BCUT2D eigenvalue weighted by molar-refractivity contribution is 0.328. The summed E-state index contributed by atoms with van der Waals surface area (Å²) in [5.41, 5.74) is 7.24. The molecule has 0 bridgehead atoms. The van der Waals surface area contributed by atoms with Crippen LogP contribution in [0.4, 0.5) is 11.5 Å². The summed E-state index contributed by atoms with van der Waals surface area (Å²) in [7, 11) is 0. The smallest absolute Gasteiger partial charge is 0.133 e. The Kier molecular flexibility index (Phi) is 4.09. The standard InChI is InChI=1S/C13H16N4O/c1-10-7-13(16-9-15-10)17-11-3-2-4-12(8-11)18-6-5-14/h2-4,7-9H,5-6,14H2,1H3,(H,15,16,17). The van der Waals surface area contributed by atoms with Gasteiger partial charge in [0.1, 0.15) is 24.5 Å². The van der Waals surface area contributed by atoms with Gasteiger partial charge in [-0.05, 0) is 19.1 Å². The number of anilines is 2. The van der Waals surface area contributed by atoms with Crippen LogP contribution in [0.1, 0.15) is 5.69 Å². The number of nitrogens with two attached hydrogens (primary N) is 1. The summed E-state index contributed by atoms with van der Waals surface area (Å²) in [4.78, 5) is 8.19. The number of hydrogen-bond acceptors (Lipinski definition) is 5. The first-order valence-corrected chi connectivity index (χ1v) is 5.76. The zero-order valence-electron chi connectivity index (χ0n) is 10.3. The molecule has 1 heterocycles. The van der Waals surface area contributed by atoms with Gasteiger partial charge in [0.2, 0.25) is 0 Å². The van der Waals surface area contributed by atoms with E-state index in [1.54, 1.807) is 0 Å². The molecule has 0 saturated heterocycles. The molecule has 18 heavy (non-hydrogen) atoms. The Morgan fingerprint density at radius 2 is 2.17 bits per heavy atom. The van der Waals surface area contributed by atoms with Crippen molar-refractivity contribution in [3.8, 4) is 5.75 Å². The van der Waals surface area contributed by atoms with E-state index in [9.17, 15) is 0 Å². The molecule has 0 fully saturated rings. The number of ether oxygens (including phenoxy) is 1. The van der Waals surface area contributed by atoms with Crippen LogP contribution in [0.25, 0.3) is 0 Å². The van der Waals surface area contributed by atoms with E-state index in [4.69, 9.17) is 10.5 Å². The zero-order chi connectivity index (χ0) is 12.8. The van der Waals surface area contributed by atoms with Crippen LogP contribution >= 0.6 is 0 Å². The Bertz CT molecular complexity index is 516. The van der Waals surface area contributed by atoms with Crippen LogP contribution in [0, 0.1) is 6.92 Å². The van der Waals surface area contributed by atoms with Gasteiger partial charge in [0, 0.05) is 30.1 Å². The van der Waals surface area contributed by atoms with Gasteiger partial charge in [-0.3, -0.25) is 0 Å². The van der Waals surface area contributed by atoms with Crippen molar-refractivity contribution in [3.05, 3.63) is 42.4 Å². The van der Waals surface area contributed by atoms with E-state index in [2.05, 4.69) is 15.3 Å². The lowest BCUT2D eigenvalue weighted by Crippen LogP contribution is -2.10. The Labute approximate surface area is 106 Å². The van der Waals surface area contributed by atoms with E-state index in [1.165, 1.54) is 6.33 Å². The van der Waals surface area contributed by atoms with E-state index >= 15 is 0 Å². The highest BCUT2D eigenvalue weighted by atomic mass is 16.5. The summed E-state index contributed by atoms with van der Waals surface area (Å²) >= 11 is 0. The van der Waals surface area contributed by atoms with Gasteiger partial charge in [-0.15, -0.1) is 0 Å². The monoisotopic (exact) mass is 244 g/mol. The molecule has 1 aromatic heterocycles. The first-order valence-electron chi connectivity index (χ1n) is 5.76. The molecule has 0 aliphatic rings. The molecule has 0 amide bonds. The number of aryl methyl sites for hydroxylation is 1. The molecule has 0 aliphatic heterocycles. The second kappa shape index (κ2) is 5.97. The Hall–Kier alpha value is -2.14. The highest BCUT2D eigenvalue weighted by Crippen LogP contribution is 2.20. The van der Waals surface area contributed by atoms with Gasteiger partial charge >= 0.3 is 0 Å². The average molecular weight is 244 g/mol. The predicted molar refractivity (Wildman–Crippen MR) is 71.0 cm³/mol. The summed E-state index contributed by atoms with van der Waals surface area (Å²) in [6.07, 6.45) is 1.53. The molecule has 0 radical (unpaired) electrons. The SMILES string of the molecule is Cc1cc(Nc2cccc(OCCN)c2)ncn1. The predicted octanol–water partition coefficient (Wildman–Crippen LogP) is 1.87. The topological polar surface area (TPSA) is 73.1 Å². The zero-order valence-corrected chi connectivity index (χ0v) is 10.3. The van der Waals surface area contributed by atoms with Crippen molar-refractivity contribution in [2.24, 2.45) is 5.73 Å². The summed E-state index contributed by atoms with van der Waals surface area (Å²) in [6, 6.07) is 9.56. The Balaban J connectivity index is 2.09. The van der Waals surface area contributed by atoms with Crippen molar-refractivity contribution < 1.29 is 4.74 Å². The van der Waals surface area contributed by atoms with Gasteiger partial charge in [-0.25, -0.2) is 9.97 Å². The van der Waals surface area contributed by atoms with E-state index in [1.807, 2.05) is 37.3 Å². The quantitative estimate of drug-likeness (QED) is 0.840. The lowest BCUT2D eigenvalue weighted by atomic mass is 10.3. The summed E-state index contributed by atoms with van der Waals surface area (Å²) < 4.78 is 5.46. The van der Waals surface area contributed by atoms with Crippen molar-refractivity contribution in [1.29, 1.82) is 0 Å². The first kappa shape index (κ1) is 12.3. The minimum atomic E-state index is 0.503. The largest absolute Gasteiger partial charge is 0.492 e. The molecule has 3 N–H and O–H groups in total. The molecular formula is C13H16N4O. The van der Waals surface area contributed by atoms with E-state index in [-0.39, 0.29) is 0 Å². The highest BCUT2D eigenvalue weighted by molar-refractivity contribution is 5.58. The maximum atomic E-state index is 5.46. The molecule has 5 nitrogen and oxygen atoms in total. The van der Waals surface area contributed by atoms with Crippen LogP contribution in [-0.2, 0) is 0 Å². The molecule has 0 unspecified atom stereocenters. The molecular weight excluding hydrogens is 228 g/mol. The fourth-order valence-corrected chi connectivity index (χ4v) is 1.51. The van der Waals surface area contributed by atoms with Gasteiger partial charge in [0.15, 0.2) is 0 Å². The number of rotatable bonds is 5. The molecule has 0 spiro atoms. The first-order chi connectivity index (χ1) is 8.78. The lowest BCUT2D eigenvalue weighted by Gasteiger charge is -2.08. The second-order valence-corrected chi connectivity index (χ2v) is 3.83. The minimum absolute atomic E-state index is 0.503. The molecule has 94 valence electrons. The normalized spacial score (nSPS) is 10.1. The number of benzene rings is 1. The number of nitrogens with zero attached hydrogens (tertiary/aromatic N) is 2. The fraction of sp³-hybridized carbons (Fsp3) is 0.231. The van der Waals surface area contributed by atoms with Gasteiger partial charge in [0.05, 0.1) is 0 Å². The van der Waals surface area contributed by atoms with E-state index in [0.717, 1.165) is 22.9 Å². The number of hydrogen-bond donors (Lipinski definition) is 2. The number of aromatic nitrogens is 2. The van der Waals surface area contributed by atoms with Crippen LogP contribution in [-0.4, -0.2) is 23.1 Å². The minimum Gasteiger partial charge on any atom is -0.492 e. The summed E-state index contributed by atoms with van der Waals surface area (Å²) in [5, 5.41) is 3.20. The van der Waals surface area contributed by atoms with Crippen LogP contribution in [0.5, 0.6) is 5.75 Å². The van der Waals surface area contributed by atoms with Crippen molar-refractivity contribution >= 4 is 11.5 Å². The van der Waals surface area contributed by atoms with E-state index < -0.39 is 0 Å². The van der Waals surface area contributed by atoms with Crippen molar-refractivity contribution in [2.75, 3.05) is 18.5 Å². The van der Waals surface area contributed by atoms with Gasteiger partial charge in [-0.2, -0.15) is 0 Å². The molecule has 2 aromatic rings. The molecule has 0 aliphatic carbocycles. The third-order valence-electron chi connectivity index (χ3n) is 2.30. The van der Waals surface area contributed by atoms with Gasteiger partial charge < -0.3 is 15.8 Å². The molecule has 0 atom stereocenters. The Morgan fingerprint density at radius 3 is 2.94 bits per heavy atom. The third kappa shape index (κ3) is 3.43. The van der Waals surface area contributed by atoms with E-state index in [0.29, 0.717) is 13.2 Å². The van der Waals surface area contributed by atoms with Crippen LogP contribution in [0.2, 0.25) is 0 Å². The third-order valence-corrected chi connectivity index (χ3v) is 2.30. The fourth-order valence-electron chi connectivity index (χ4n) is 1.51. The average Bonchev–Trinajstić information content (AvgIpc) is 2.37. The molecule has 0 saturated carbocycles. The second-order valence-electron chi connectivity index (χ2n) is 3.83. The maximum absolute atomic E-state index is 5.46. The maximum Gasteiger partial charge on any atom is 0.133 e. The summed E-state index contributed by atoms with van der Waals surface area (Å²) in [5.74, 6) is 1.55. The van der Waals surface area contributed by atoms with Crippen LogP contribution < -0.4 is 15.8 Å². The highest BCUT2D eigenvalue weighted by Gasteiger charge is 1.99. The number of nitrogens with one attached hydrogen (secondary N) is 1. The van der Waals surface area contributed by atoms with Gasteiger partial charge in [-0.1, -0.05) is 6.07 Å². The van der Waals surface area contributed by atoms with Crippen LogP contribution in [0.3, 0.4) is 0 Å². The molecule has 5 heteroatoms. The van der Waals surface area contributed by atoms with Crippen molar-refractivity contribution in [2.45, 2.75) is 6.92 Å². The van der Waals surface area contributed by atoms with Crippen molar-refractivity contribution in [1.82, 2.24) is 9.97 Å². The molecule has 1 aromatic carbocycles. The summed E-state index contributed by atoms with van der Waals surface area (Å²) in [6.45, 7) is 2.94. The van der Waals surface area contributed by atoms with Crippen LogP contribution in [0.15, 0.2) is 36.7 Å². The molecule has 2 rings (SSSR count).